The number of anilines is 2. The number of benzene rings is 1. The first-order valence-electron chi connectivity index (χ1n) is 12.2. The highest BCUT2D eigenvalue weighted by atomic mass is 35.5. The fraction of sp³-hybridized carbons (Fsp3) is 0.560. The average Bonchev–Trinajstić information content (AvgIpc) is 3.47. The lowest BCUT2D eigenvalue weighted by Crippen LogP contribution is -2.42. The van der Waals surface area contributed by atoms with Gasteiger partial charge in [-0.05, 0) is 74.7 Å². The van der Waals surface area contributed by atoms with Crippen molar-refractivity contribution in [1.82, 2.24) is 20.6 Å². The second-order valence-corrected chi connectivity index (χ2v) is 10.2. The number of hydrogen-bond donors (Lipinski definition) is 3. The van der Waals surface area contributed by atoms with Crippen LogP contribution in [0.3, 0.4) is 0 Å². The maximum absolute atomic E-state index is 13.3. The molecule has 3 unspecified atom stereocenters. The number of fused-ring (bicyclic) bond motifs is 1. The molecule has 3 fully saturated rings. The summed E-state index contributed by atoms with van der Waals surface area (Å²) >= 11 is 6.30. The summed E-state index contributed by atoms with van der Waals surface area (Å²) in [6.07, 6.45) is 5.12. The molecule has 3 aliphatic rings. The zero-order valence-electron chi connectivity index (χ0n) is 19.8. The van der Waals surface area contributed by atoms with Gasteiger partial charge in [-0.25, -0.2) is 4.98 Å². The van der Waals surface area contributed by atoms with E-state index in [2.05, 4.69) is 32.8 Å². The van der Waals surface area contributed by atoms with Crippen LogP contribution in [0.25, 0.3) is 0 Å². The van der Waals surface area contributed by atoms with Gasteiger partial charge in [-0.3, -0.25) is 4.79 Å². The summed E-state index contributed by atoms with van der Waals surface area (Å²) in [5.74, 6) is 3.74. The van der Waals surface area contributed by atoms with E-state index in [-0.39, 0.29) is 11.9 Å². The van der Waals surface area contributed by atoms with Gasteiger partial charge >= 0.3 is 0 Å². The summed E-state index contributed by atoms with van der Waals surface area (Å²) in [6, 6.07) is 5.75. The molecule has 1 saturated carbocycles. The fourth-order valence-electron chi connectivity index (χ4n) is 5.14. The van der Waals surface area contributed by atoms with Gasteiger partial charge in [0, 0.05) is 31.9 Å². The monoisotopic (exact) mass is 484 g/mol. The number of halogens is 1. The Morgan fingerprint density at radius 3 is 2.76 bits per heavy atom. The van der Waals surface area contributed by atoms with Crippen LogP contribution in [-0.2, 0) is 6.54 Å². The van der Waals surface area contributed by atoms with Crippen molar-refractivity contribution in [3.63, 3.8) is 0 Å². The van der Waals surface area contributed by atoms with Gasteiger partial charge in [0.1, 0.15) is 17.1 Å². The Morgan fingerprint density at radius 1 is 1.29 bits per heavy atom. The van der Waals surface area contributed by atoms with Gasteiger partial charge in [0.05, 0.1) is 12.1 Å². The Hall–Kier alpha value is -2.58. The van der Waals surface area contributed by atoms with Crippen LogP contribution in [0.1, 0.15) is 42.1 Å². The molecule has 0 radical (unpaired) electrons. The van der Waals surface area contributed by atoms with Crippen LogP contribution in [0.5, 0.6) is 5.75 Å². The molecule has 34 heavy (non-hydrogen) atoms. The van der Waals surface area contributed by atoms with Crippen LogP contribution in [-0.4, -0.2) is 55.2 Å². The quantitative estimate of drug-likeness (QED) is 0.529. The first kappa shape index (κ1) is 23.2. The van der Waals surface area contributed by atoms with Gasteiger partial charge in [-0.2, -0.15) is 4.98 Å². The zero-order valence-corrected chi connectivity index (χ0v) is 20.6. The summed E-state index contributed by atoms with van der Waals surface area (Å²) in [6.45, 7) is 6.56. The van der Waals surface area contributed by atoms with E-state index in [1.165, 1.54) is 6.42 Å². The number of nitrogens with zero attached hydrogens (tertiary/aromatic N) is 3. The molecule has 0 bridgehead atoms. The van der Waals surface area contributed by atoms with Crippen LogP contribution in [0.15, 0.2) is 24.4 Å². The number of piperidine rings is 2. The number of aromatic nitrogens is 2. The van der Waals surface area contributed by atoms with E-state index in [0.717, 1.165) is 56.4 Å². The molecule has 0 spiro atoms. The van der Waals surface area contributed by atoms with Gasteiger partial charge in [-0.1, -0.05) is 17.7 Å². The molecule has 3 N–H and O–H groups in total. The molecular formula is C25H33ClN6O2. The first-order chi connectivity index (χ1) is 16.5. The average molecular weight is 485 g/mol. The molecule has 2 aromatic rings. The summed E-state index contributed by atoms with van der Waals surface area (Å²) in [5, 5.41) is 10.5. The van der Waals surface area contributed by atoms with E-state index in [4.69, 9.17) is 21.3 Å². The maximum Gasteiger partial charge on any atom is 0.256 e. The number of carbonyl (C=O) groups is 1. The SMILES string of the molecule is COc1ccc(CNc2nc(N3CC4CC4C3)ncc2C(=O)NC(C)C2CCNCC2)cc1Cl. The van der Waals surface area contributed by atoms with Crippen molar-refractivity contribution in [3.05, 3.63) is 40.5 Å². The minimum atomic E-state index is -0.142. The third-order valence-corrected chi connectivity index (χ3v) is 7.70. The topological polar surface area (TPSA) is 91.4 Å². The molecule has 9 heteroatoms. The number of hydrogen-bond acceptors (Lipinski definition) is 7. The molecule has 2 saturated heterocycles. The lowest BCUT2D eigenvalue weighted by molar-refractivity contribution is 0.0921. The van der Waals surface area contributed by atoms with Crippen molar-refractivity contribution < 1.29 is 9.53 Å². The largest absolute Gasteiger partial charge is 0.495 e. The van der Waals surface area contributed by atoms with Crippen LogP contribution < -0.4 is 25.6 Å². The molecule has 1 aliphatic carbocycles. The Kier molecular flexibility index (Phi) is 6.79. The van der Waals surface area contributed by atoms with Crippen molar-refractivity contribution in [2.45, 2.75) is 38.8 Å². The molecule has 3 atom stereocenters. The highest BCUT2D eigenvalue weighted by Gasteiger charge is 2.46. The fourth-order valence-corrected chi connectivity index (χ4v) is 5.42. The van der Waals surface area contributed by atoms with E-state index < -0.39 is 0 Å². The summed E-state index contributed by atoms with van der Waals surface area (Å²) in [4.78, 5) is 24.9. The van der Waals surface area contributed by atoms with Crippen LogP contribution in [0.2, 0.25) is 5.02 Å². The zero-order chi connectivity index (χ0) is 23.7. The smallest absolute Gasteiger partial charge is 0.256 e. The van der Waals surface area contributed by atoms with Crippen molar-refractivity contribution in [2.75, 3.05) is 43.5 Å². The molecule has 182 valence electrons. The van der Waals surface area contributed by atoms with E-state index in [1.54, 1.807) is 13.3 Å². The van der Waals surface area contributed by atoms with E-state index >= 15 is 0 Å². The van der Waals surface area contributed by atoms with Gasteiger partial charge in [0.25, 0.3) is 5.91 Å². The minimum absolute atomic E-state index is 0.0909. The van der Waals surface area contributed by atoms with Crippen molar-refractivity contribution in [1.29, 1.82) is 0 Å². The normalized spacial score (nSPS) is 22.7. The van der Waals surface area contributed by atoms with E-state index in [1.807, 2.05) is 18.2 Å². The second-order valence-electron chi connectivity index (χ2n) is 9.77. The second kappa shape index (κ2) is 9.96. The minimum Gasteiger partial charge on any atom is -0.495 e. The van der Waals surface area contributed by atoms with E-state index in [9.17, 15) is 4.79 Å². The third kappa shape index (κ3) is 5.08. The number of carbonyl (C=O) groups excluding carboxylic acids is 1. The van der Waals surface area contributed by atoms with Crippen LogP contribution in [0, 0.1) is 17.8 Å². The van der Waals surface area contributed by atoms with Crippen molar-refractivity contribution >= 4 is 29.3 Å². The van der Waals surface area contributed by atoms with E-state index in [0.29, 0.717) is 40.6 Å². The van der Waals surface area contributed by atoms with Crippen LogP contribution >= 0.6 is 11.6 Å². The standard InChI is InChI=1S/C25H33ClN6O2/c1-15(17-5-7-27-8-6-17)30-24(33)20-12-29-25(32-13-18-10-19(18)14-32)31-23(20)28-11-16-3-4-22(34-2)21(26)9-16/h3-4,9,12,15,17-19,27H,5-8,10-11,13-14H2,1-2H3,(H,30,33)(H,28,29,31). The molecule has 8 nitrogen and oxygen atoms in total. The molecule has 3 heterocycles. The molecular weight excluding hydrogens is 452 g/mol. The summed E-state index contributed by atoms with van der Waals surface area (Å²) in [5.41, 5.74) is 1.44. The van der Waals surface area contributed by atoms with Gasteiger partial charge in [0.2, 0.25) is 5.95 Å². The predicted octanol–water partition coefficient (Wildman–Crippen LogP) is 3.32. The number of methoxy groups -OCH3 is 1. The van der Waals surface area contributed by atoms with Crippen molar-refractivity contribution in [2.24, 2.45) is 17.8 Å². The predicted molar refractivity (Wildman–Crippen MR) is 134 cm³/mol. The highest BCUT2D eigenvalue weighted by molar-refractivity contribution is 6.32. The Morgan fingerprint density at radius 2 is 2.06 bits per heavy atom. The molecule has 1 aromatic carbocycles. The number of amides is 1. The van der Waals surface area contributed by atoms with Gasteiger partial charge in [0.15, 0.2) is 0 Å². The molecule has 2 aliphatic heterocycles. The summed E-state index contributed by atoms with van der Waals surface area (Å²) < 4.78 is 5.25. The number of ether oxygens (including phenoxy) is 1. The Labute approximate surface area is 205 Å². The van der Waals surface area contributed by atoms with Gasteiger partial charge in [-0.15, -0.1) is 0 Å². The lowest BCUT2D eigenvalue weighted by atomic mass is 9.91. The Balaban J connectivity index is 1.34. The Bertz CT molecular complexity index is 1030. The van der Waals surface area contributed by atoms with Crippen molar-refractivity contribution in [3.8, 4) is 5.75 Å². The third-order valence-electron chi connectivity index (χ3n) is 7.41. The number of rotatable bonds is 8. The molecule has 1 aromatic heterocycles. The highest BCUT2D eigenvalue weighted by Crippen LogP contribution is 2.45. The lowest BCUT2D eigenvalue weighted by Gasteiger charge is -2.29. The first-order valence-corrected chi connectivity index (χ1v) is 12.6. The maximum atomic E-state index is 13.3. The molecule has 5 rings (SSSR count). The number of nitrogens with one attached hydrogen (secondary N) is 3. The van der Waals surface area contributed by atoms with Gasteiger partial charge < -0.3 is 25.6 Å². The molecule has 1 amide bonds. The summed E-state index contributed by atoms with van der Waals surface area (Å²) in [7, 11) is 1.60. The van der Waals surface area contributed by atoms with Crippen LogP contribution in [0.4, 0.5) is 11.8 Å².